The van der Waals surface area contributed by atoms with Crippen molar-refractivity contribution >= 4 is 45.3 Å². The molecule has 12 nitrogen and oxygen atoms in total. The van der Waals surface area contributed by atoms with Gasteiger partial charge in [-0.1, -0.05) is 12.1 Å². The second kappa shape index (κ2) is 9.33. The molecule has 1 amide bonds. The predicted molar refractivity (Wildman–Crippen MR) is 123 cm³/mol. The molecule has 1 fully saturated rings. The number of aryl methyl sites for hydroxylation is 1. The molecule has 1 atom stereocenters. The van der Waals surface area contributed by atoms with Gasteiger partial charge in [-0.05, 0) is 37.0 Å². The molecule has 0 aliphatic heterocycles. The van der Waals surface area contributed by atoms with Crippen LogP contribution in [0.5, 0.6) is 0 Å². The van der Waals surface area contributed by atoms with Crippen LogP contribution in [0.4, 0.5) is 22.4 Å². The molecule has 2 heterocycles. The van der Waals surface area contributed by atoms with Crippen LogP contribution in [0, 0.1) is 0 Å². The number of methoxy groups -OCH3 is 1. The van der Waals surface area contributed by atoms with Crippen LogP contribution in [-0.2, 0) is 28.5 Å². The second-order valence-electron chi connectivity index (χ2n) is 7.56. The van der Waals surface area contributed by atoms with Crippen molar-refractivity contribution in [2.45, 2.75) is 31.2 Å². The van der Waals surface area contributed by atoms with Crippen LogP contribution in [0.15, 0.2) is 29.6 Å². The highest BCUT2D eigenvalue weighted by Gasteiger charge is 2.28. The van der Waals surface area contributed by atoms with Gasteiger partial charge < -0.3 is 10.1 Å². The molecule has 14 heteroatoms. The number of nitrogens with zero attached hydrogens (tertiary/aromatic N) is 4. The van der Waals surface area contributed by atoms with E-state index in [0.29, 0.717) is 18.3 Å². The quantitative estimate of drug-likeness (QED) is 0.329. The molecule has 33 heavy (non-hydrogen) atoms. The van der Waals surface area contributed by atoms with Gasteiger partial charge in [-0.15, -0.1) is 16.4 Å². The van der Waals surface area contributed by atoms with Crippen molar-refractivity contribution in [1.82, 2.24) is 19.7 Å². The van der Waals surface area contributed by atoms with Gasteiger partial charge in [-0.25, -0.2) is 14.5 Å². The van der Waals surface area contributed by atoms with Gasteiger partial charge in [0.1, 0.15) is 0 Å². The third kappa shape index (κ3) is 6.18. The van der Waals surface area contributed by atoms with Crippen LogP contribution in [-0.4, -0.2) is 45.9 Å². The van der Waals surface area contributed by atoms with Crippen molar-refractivity contribution in [3.05, 3.63) is 45.9 Å². The summed E-state index contributed by atoms with van der Waals surface area (Å²) in [6.07, 6.45) is 2.16. The first-order valence-corrected chi connectivity index (χ1v) is 12.3. The predicted octanol–water partition coefficient (Wildman–Crippen LogP) is 2.94. The van der Waals surface area contributed by atoms with E-state index in [1.165, 1.54) is 11.8 Å². The number of anilines is 3. The van der Waals surface area contributed by atoms with Crippen molar-refractivity contribution in [2.24, 2.45) is 7.05 Å². The van der Waals surface area contributed by atoms with Crippen LogP contribution in [0.3, 0.4) is 0 Å². The Morgan fingerprint density at radius 2 is 2.03 bits per heavy atom. The number of carbonyl (C=O) groups excluding carboxylic acids is 1. The Bertz CT molecular complexity index is 1240. The van der Waals surface area contributed by atoms with Crippen molar-refractivity contribution in [2.75, 3.05) is 22.5 Å². The van der Waals surface area contributed by atoms with E-state index in [9.17, 15) is 13.2 Å². The summed E-state index contributed by atoms with van der Waals surface area (Å²) in [5.41, 5.74) is 2.00. The summed E-state index contributed by atoms with van der Waals surface area (Å²) in [6.45, 7) is 0. The lowest BCUT2D eigenvalue weighted by molar-refractivity contribution is 0.186. The zero-order valence-electron chi connectivity index (χ0n) is 17.8. The lowest BCUT2D eigenvalue weighted by Gasteiger charge is -2.16. The summed E-state index contributed by atoms with van der Waals surface area (Å²) in [4.78, 5) is 20.6. The molecule has 1 aliphatic rings. The van der Waals surface area contributed by atoms with E-state index in [4.69, 9.17) is 9.54 Å². The van der Waals surface area contributed by atoms with Crippen LogP contribution in [0.25, 0.3) is 0 Å². The third-order valence-electron chi connectivity index (χ3n) is 4.93. The number of nitrogens with one attached hydrogen (secondary N) is 3. The fourth-order valence-electron chi connectivity index (χ4n) is 3.15. The number of amides is 1. The van der Waals surface area contributed by atoms with Crippen molar-refractivity contribution < 1.29 is 22.5 Å². The normalized spacial score (nSPS) is 14.5. The van der Waals surface area contributed by atoms with Crippen LogP contribution in [0.2, 0.25) is 0 Å². The van der Waals surface area contributed by atoms with Crippen LogP contribution < -0.4 is 15.4 Å². The first-order chi connectivity index (χ1) is 15.7. The summed E-state index contributed by atoms with van der Waals surface area (Å²) in [5, 5.41) is 13.2. The molecule has 3 aromatic rings. The van der Waals surface area contributed by atoms with Crippen LogP contribution >= 0.6 is 11.3 Å². The third-order valence-corrected chi connectivity index (χ3v) is 6.45. The summed E-state index contributed by atoms with van der Waals surface area (Å²) >= 11 is 1.62. The van der Waals surface area contributed by atoms with E-state index in [2.05, 4.69) is 25.5 Å². The molecule has 176 valence electrons. The molecule has 1 aromatic carbocycles. The maximum atomic E-state index is 11.5. The number of carbonyl (C=O) groups is 1. The van der Waals surface area contributed by atoms with E-state index in [-0.39, 0.29) is 17.7 Å². The Balaban J connectivity index is 1.55. The van der Waals surface area contributed by atoms with Gasteiger partial charge in [-0.2, -0.15) is 13.4 Å². The molecular weight excluding hydrogens is 470 g/mol. The van der Waals surface area contributed by atoms with E-state index >= 15 is 0 Å². The Labute approximate surface area is 194 Å². The number of rotatable bonds is 9. The van der Waals surface area contributed by atoms with E-state index in [1.807, 2.05) is 10.1 Å². The Kier molecular flexibility index (Phi) is 6.49. The van der Waals surface area contributed by atoms with Gasteiger partial charge in [0.25, 0.3) is 0 Å². The summed E-state index contributed by atoms with van der Waals surface area (Å²) in [6, 6.07) is 6.36. The zero-order chi connectivity index (χ0) is 23.6. The molecule has 2 aromatic heterocycles. The Morgan fingerprint density at radius 1 is 1.30 bits per heavy atom. The van der Waals surface area contributed by atoms with Crippen molar-refractivity contribution in [3.63, 3.8) is 0 Å². The Morgan fingerprint density at radius 3 is 2.67 bits per heavy atom. The maximum absolute atomic E-state index is 11.5. The number of thiazole rings is 1. The number of hydrogen-bond donors (Lipinski definition) is 4. The standard InChI is InChI=1S/C19H23N7O5S2/c1-26-18(23-19(27)31-2)22-17(24-26)21-14(15-10-32-16(20-15)12-5-6-12)9-11-3-7-13(8-4-11)25-33(28,29)30/h3-4,7-8,10,12,14,25H,5-6,9H2,1-2H3,(H,28,29,30)(H2,21,22,23,24,27)/t14-/m0/s1. The Hall–Kier alpha value is -3.23. The molecule has 1 aliphatic carbocycles. The fraction of sp³-hybridized carbons (Fsp3) is 0.368. The summed E-state index contributed by atoms with van der Waals surface area (Å²) < 4.78 is 39.0. The summed E-state index contributed by atoms with van der Waals surface area (Å²) in [7, 11) is -1.43. The maximum Gasteiger partial charge on any atom is 0.413 e. The molecular formula is C19H23N7O5S2. The highest BCUT2D eigenvalue weighted by Crippen LogP contribution is 2.42. The molecule has 0 saturated heterocycles. The van der Waals surface area contributed by atoms with Gasteiger partial charge in [0, 0.05) is 18.3 Å². The minimum Gasteiger partial charge on any atom is -0.453 e. The van der Waals surface area contributed by atoms with E-state index in [0.717, 1.165) is 29.1 Å². The SMILES string of the molecule is COC(=O)Nc1nc(N[C@@H](Cc2ccc(NS(=O)(=O)O)cc2)c2csc(C3CC3)n2)nn1C. The van der Waals surface area contributed by atoms with E-state index < -0.39 is 16.4 Å². The average Bonchev–Trinajstić information content (AvgIpc) is 3.38. The second-order valence-corrected chi connectivity index (χ2v) is 9.60. The first kappa shape index (κ1) is 22.9. The summed E-state index contributed by atoms with van der Waals surface area (Å²) in [5.74, 6) is 1.05. The molecule has 4 rings (SSSR count). The lowest BCUT2D eigenvalue weighted by Crippen LogP contribution is -2.16. The topological polar surface area (TPSA) is 160 Å². The monoisotopic (exact) mass is 493 g/mol. The van der Waals surface area contributed by atoms with Crippen molar-refractivity contribution in [1.29, 1.82) is 0 Å². The van der Waals surface area contributed by atoms with Crippen molar-refractivity contribution in [3.8, 4) is 0 Å². The lowest BCUT2D eigenvalue weighted by atomic mass is 10.0. The number of benzene rings is 1. The average molecular weight is 494 g/mol. The van der Waals surface area contributed by atoms with Gasteiger partial charge in [-0.3, -0.25) is 14.6 Å². The molecule has 0 spiro atoms. The molecule has 4 N–H and O–H groups in total. The van der Waals surface area contributed by atoms with Crippen LogP contribution in [0.1, 0.15) is 41.1 Å². The van der Waals surface area contributed by atoms with E-state index in [1.54, 1.807) is 42.6 Å². The van der Waals surface area contributed by atoms with Gasteiger partial charge in [0.15, 0.2) is 0 Å². The molecule has 0 unspecified atom stereocenters. The highest BCUT2D eigenvalue weighted by molar-refractivity contribution is 7.87. The van der Waals surface area contributed by atoms with Gasteiger partial charge in [0.05, 0.1) is 29.5 Å². The van der Waals surface area contributed by atoms with Gasteiger partial charge >= 0.3 is 16.4 Å². The molecule has 0 radical (unpaired) electrons. The molecule has 1 saturated carbocycles. The number of aromatic nitrogens is 4. The first-order valence-electron chi connectivity index (χ1n) is 10.0. The smallest absolute Gasteiger partial charge is 0.413 e. The van der Waals surface area contributed by atoms with Gasteiger partial charge in [0.2, 0.25) is 11.9 Å². The number of hydrogen-bond acceptors (Lipinski definition) is 9. The fourth-order valence-corrected chi connectivity index (χ4v) is 4.63. The largest absolute Gasteiger partial charge is 0.453 e. The zero-order valence-corrected chi connectivity index (χ0v) is 19.5. The number of ether oxygens (including phenoxy) is 1. The molecule has 0 bridgehead atoms. The minimum absolute atomic E-state index is 0.223. The minimum atomic E-state index is -4.34. The highest BCUT2D eigenvalue weighted by atomic mass is 32.2.